The lowest BCUT2D eigenvalue weighted by molar-refractivity contribution is -0.145. The van der Waals surface area contributed by atoms with Gasteiger partial charge in [0.25, 0.3) is 0 Å². The first-order valence-corrected chi connectivity index (χ1v) is 6.67. The number of carbonyl (C=O) groups excluding carboxylic acids is 2. The Morgan fingerprint density at radius 2 is 2.05 bits per heavy atom. The molecule has 4 N–H and O–H groups in total. The van der Waals surface area contributed by atoms with E-state index in [-0.39, 0.29) is 11.8 Å². The number of aliphatic hydroxyl groups is 1. The molecule has 1 saturated heterocycles. The van der Waals surface area contributed by atoms with Gasteiger partial charge in [-0.05, 0) is 17.5 Å². The summed E-state index contributed by atoms with van der Waals surface area (Å²) >= 11 is 0. The van der Waals surface area contributed by atoms with Gasteiger partial charge in [0.2, 0.25) is 11.8 Å². The van der Waals surface area contributed by atoms with Gasteiger partial charge in [-0.1, -0.05) is 24.3 Å². The molecule has 0 radical (unpaired) electrons. The Morgan fingerprint density at radius 3 is 2.75 bits per heavy atom. The van der Waals surface area contributed by atoms with Crippen LogP contribution in [-0.2, 0) is 16.0 Å². The van der Waals surface area contributed by atoms with Gasteiger partial charge < -0.3 is 21.1 Å². The van der Waals surface area contributed by atoms with Crippen LogP contribution in [0, 0.1) is 0 Å². The first-order valence-electron chi connectivity index (χ1n) is 6.67. The number of carbonyl (C=O) groups is 2. The van der Waals surface area contributed by atoms with E-state index in [2.05, 4.69) is 5.32 Å². The van der Waals surface area contributed by atoms with Crippen molar-refractivity contribution in [3.63, 3.8) is 0 Å². The molecule has 0 aromatic heterocycles. The maximum Gasteiger partial charge on any atom is 0.249 e. The van der Waals surface area contributed by atoms with Crippen LogP contribution in [0.1, 0.15) is 17.2 Å². The second-order valence-corrected chi connectivity index (χ2v) is 5.35. The number of benzene rings is 1. The molecule has 0 spiro atoms. The van der Waals surface area contributed by atoms with Gasteiger partial charge in [0.05, 0.1) is 12.1 Å². The Bertz CT molecular complexity index is 554. The normalized spacial score (nSPS) is 26.3. The van der Waals surface area contributed by atoms with Crippen LogP contribution in [0.15, 0.2) is 24.3 Å². The van der Waals surface area contributed by atoms with Crippen molar-refractivity contribution in [2.45, 2.75) is 24.6 Å². The topological polar surface area (TPSA) is 95.7 Å². The zero-order valence-electron chi connectivity index (χ0n) is 11.0. The lowest BCUT2D eigenvalue weighted by Crippen LogP contribution is -2.57. The number of hydrogen-bond acceptors (Lipinski definition) is 4. The van der Waals surface area contributed by atoms with Crippen LogP contribution in [-0.4, -0.2) is 47.1 Å². The molecule has 1 aromatic carbocycles. The van der Waals surface area contributed by atoms with E-state index in [1.54, 1.807) is 4.90 Å². The number of β-amino-alcohol motifs (C(OH)–C–C–N with tert-alkyl or cyclic N) is 1. The van der Waals surface area contributed by atoms with Gasteiger partial charge in [-0.25, -0.2) is 0 Å². The molecule has 20 heavy (non-hydrogen) atoms. The van der Waals surface area contributed by atoms with E-state index < -0.39 is 18.2 Å². The molecule has 6 heteroatoms. The van der Waals surface area contributed by atoms with E-state index in [1.165, 1.54) is 0 Å². The number of nitrogens with one attached hydrogen (secondary N) is 1. The molecular formula is C14H17N3O3. The molecule has 0 saturated carbocycles. The first kappa shape index (κ1) is 13.1. The Labute approximate surface area is 116 Å². The number of nitrogens with two attached hydrogens (primary N) is 1. The zero-order valence-corrected chi connectivity index (χ0v) is 11.0. The van der Waals surface area contributed by atoms with Crippen LogP contribution in [0.5, 0.6) is 0 Å². The molecule has 1 fully saturated rings. The van der Waals surface area contributed by atoms with Crippen LogP contribution in [0.25, 0.3) is 0 Å². The van der Waals surface area contributed by atoms with Crippen molar-refractivity contribution in [1.82, 2.24) is 10.2 Å². The third kappa shape index (κ3) is 2.17. The van der Waals surface area contributed by atoms with Crippen LogP contribution >= 0.6 is 0 Å². The highest BCUT2D eigenvalue weighted by atomic mass is 16.3. The summed E-state index contributed by atoms with van der Waals surface area (Å²) in [6.07, 6.45) is -0.0352. The van der Waals surface area contributed by atoms with E-state index in [0.717, 1.165) is 11.1 Å². The molecule has 2 aliphatic rings. The third-order valence-electron chi connectivity index (χ3n) is 3.85. The van der Waals surface area contributed by atoms with Crippen molar-refractivity contribution >= 4 is 11.8 Å². The number of rotatable bonds is 1. The van der Waals surface area contributed by atoms with Crippen molar-refractivity contribution in [2.75, 3.05) is 13.1 Å². The van der Waals surface area contributed by atoms with E-state index in [9.17, 15) is 14.7 Å². The second-order valence-electron chi connectivity index (χ2n) is 5.35. The number of nitrogens with zero attached hydrogens (tertiary/aromatic N) is 1. The second kappa shape index (κ2) is 4.88. The van der Waals surface area contributed by atoms with E-state index in [0.29, 0.717) is 19.5 Å². The fraction of sp³-hybridized carbons (Fsp3) is 0.429. The number of amides is 2. The predicted octanol–water partition coefficient (Wildman–Crippen LogP) is -1.07. The van der Waals surface area contributed by atoms with Crippen molar-refractivity contribution in [1.29, 1.82) is 0 Å². The summed E-state index contributed by atoms with van der Waals surface area (Å²) < 4.78 is 0. The lowest BCUT2D eigenvalue weighted by atomic mass is 9.96. The Hall–Kier alpha value is -1.92. The van der Waals surface area contributed by atoms with Crippen LogP contribution in [0.2, 0.25) is 0 Å². The number of fused-ring (bicyclic) bond motifs is 1. The molecule has 6 nitrogen and oxygen atoms in total. The maximum atomic E-state index is 12.5. The van der Waals surface area contributed by atoms with E-state index in [4.69, 9.17) is 5.73 Å². The molecule has 0 unspecified atom stereocenters. The molecule has 2 heterocycles. The van der Waals surface area contributed by atoms with Crippen LogP contribution in [0.3, 0.4) is 0 Å². The molecule has 2 atom stereocenters. The SMILES string of the molecule is N[C@@H]1Cc2ccccc2[C@@H](C(=O)N2CC(O)C2)NC1=O. The average Bonchev–Trinajstić information content (AvgIpc) is 2.52. The molecular weight excluding hydrogens is 258 g/mol. The highest BCUT2D eigenvalue weighted by Crippen LogP contribution is 2.26. The van der Waals surface area contributed by atoms with Crippen LogP contribution < -0.4 is 11.1 Å². The maximum absolute atomic E-state index is 12.5. The largest absolute Gasteiger partial charge is 0.389 e. The van der Waals surface area contributed by atoms with E-state index in [1.807, 2.05) is 24.3 Å². The quantitative estimate of drug-likeness (QED) is 0.608. The molecule has 3 rings (SSSR count). The summed E-state index contributed by atoms with van der Waals surface area (Å²) in [7, 11) is 0. The van der Waals surface area contributed by atoms with E-state index >= 15 is 0 Å². The minimum atomic E-state index is -0.709. The van der Waals surface area contributed by atoms with Crippen LogP contribution in [0.4, 0.5) is 0 Å². The first-order chi connectivity index (χ1) is 9.56. The molecule has 1 aromatic rings. The molecule has 2 aliphatic heterocycles. The standard InChI is InChI=1S/C14H17N3O3/c15-11-5-8-3-1-2-4-10(8)12(16-13(11)19)14(20)17-6-9(18)7-17/h1-4,9,11-12,18H,5-7,15H2,(H,16,19)/t11-,12+/m1/s1. The summed E-state index contributed by atoms with van der Waals surface area (Å²) in [5.41, 5.74) is 7.53. The minimum Gasteiger partial charge on any atom is -0.389 e. The van der Waals surface area contributed by atoms with Crippen molar-refractivity contribution in [3.05, 3.63) is 35.4 Å². The zero-order chi connectivity index (χ0) is 14.3. The lowest BCUT2D eigenvalue weighted by Gasteiger charge is -2.38. The number of hydrogen-bond donors (Lipinski definition) is 3. The Morgan fingerprint density at radius 1 is 1.35 bits per heavy atom. The van der Waals surface area contributed by atoms with Gasteiger partial charge >= 0.3 is 0 Å². The van der Waals surface area contributed by atoms with Gasteiger partial charge in [-0.3, -0.25) is 9.59 Å². The molecule has 106 valence electrons. The van der Waals surface area contributed by atoms with Gasteiger partial charge in [0.1, 0.15) is 6.04 Å². The fourth-order valence-corrected chi connectivity index (χ4v) is 2.67. The fourth-order valence-electron chi connectivity index (χ4n) is 2.67. The van der Waals surface area contributed by atoms with Crippen molar-refractivity contribution in [2.24, 2.45) is 5.73 Å². The summed E-state index contributed by atoms with van der Waals surface area (Å²) in [6.45, 7) is 0.638. The summed E-state index contributed by atoms with van der Waals surface area (Å²) in [4.78, 5) is 25.9. The smallest absolute Gasteiger partial charge is 0.249 e. The summed E-state index contributed by atoms with van der Waals surface area (Å²) in [6, 6.07) is 6.09. The summed E-state index contributed by atoms with van der Waals surface area (Å²) in [5, 5.41) is 12.0. The average molecular weight is 275 g/mol. The Kier molecular flexibility index (Phi) is 3.19. The summed E-state index contributed by atoms with van der Waals surface area (Å²) in [5.74, 6) is -0.508. The highest BCUT2D eigenvalue weighted by molar-refractivity contribution is 5.92. The number of likely N-dealkylation sites (tertiary alicyclic amines) is 1. The van der Waals surface area contributed by atoms with Gasteiger partial charge in [-0.15, -0.1) is 0 Å². The third-order valence-corrected chi connectivity index (χ3v) is 3.85. The van der Waals surface area contributed by atoms with Crippen molar-refractivity contribution < 1.29 is 14.7 Å². The molecule has 2 amide bonds. The monoisotopic (exact) mass is 275 g/mol. The van der Waals surface area contributed by atoms with Gasteiger partial charge in [0, 0.05) is 13.1 Å². The molecule has 0 bridgehead atoms. The van der Waals surface area contributed by atoms with Gasteiger partial charge in [-0.2, -0.15) is 0 Å². The highest BCUT2D eigenvalue weighted by Gasteiger charge is 2.37. The van der Waals surface area contributed by atoms with Gasteiger partial charge in [0.15, 0.2) is 0 Å². The molecule has 0 aliphatic carbocycles. The number of aliphatic hydroxyl groups excluding tert-OH is 1. The predicted molar refractivity (Wildman–Crippen MR) is 71.6 cm³/mol. The van der Waals surface area contributed by atoms with Crippen molar-refractivity contribution in [3.8, 4) is 0 Å². The Balaban J connectivity index is 1.92. The minimum absolute atomic E-state index is 0.190.